The SMILES string of the molecule is C=C(C)/C=C\CCCCC(C)=O.[C-]#[O+].[C-]#[O+].[C-]#[O+].[Fe]. The number of rotatable bonds is 6. The number of hydrogen-bond donors (Lipinski definition) is 0. The molecule has 0 aliphatic rings. The molecule has 0 unspecified atom stereocenters. The molecule has 0 heterocycles. The van der Waals surface area contributed by atoms with Crippen molar-refractivity contribution in [1.82, 2.24) is 0 Å². The van der Waals surface area contributed by atoms with Gasteiger partial charge in [-0.15, -0.1) is 0 Å². The van der Waals surface area contributed by atoms with Crippen LogP contribution >= 0.6 is 0 Å². The summed E-state index contributed by atoms with van der Waals surface area (Å²) in [4.78, 5) is 10.6. The first-order valence-corrected chi connectivity index (χ1v) is 5.05. The first kappa shape index (κ1) is 30.7. The second-order valence-electron chi connectivity index (χ2n) is 3.20. The molecule has 0 saturated carbocycles. The van der Waals surface area contributed by atoms with Gasteiger partial charge in [-0.1, -0.05) is 24.3 Å². The van der Waals surface area contributed by atoms with Gasteiger partial charge >= 0.3 is 33.9 Å². The van der Waals surface area contributed by atoms with Crippen LogP contribution in [0.4, 0.5) is 0 Å². The maximum absolute atomic E-state index is 10.6. The molecule has 0 bridgehead atoms. The van der Waals surface area contributed by atoms with Crippen molar-refractivity contribution in [1.29, 1.82) is 0 Å². The van der Waals surface area contributed by atoms with Crippen LogP contribution in [0.3, 0.4) is 0 Å². The van der Waals surface area contributed by atoms with E-state index in [9.17, 15) is 4.79 Å². The van der Waals surface area contributed by atoms with Crippen LogP contribution in [-0.4, -0.2) is 5.78 Å². The minimum atomic E-state index is 0. The van der Waals surface area contributed by atoms with E-state index in [0.29, 0.717) is 5.78 Å². The van der Waals surface area contributed by atoms with Crippen LogP contribution in [0, 0.1) is 20.0 Å². The molecule has 5 heteroatoms. The van der Waals surface area contributed by atoms with Crippen LogP contribution in [0.15, 0.2) is 24.3 Å². The van der Waals surface area contributed by atoms with Gasteiger partial charge in [-0.2, -0.15) is 0 Å². The van der Waals surface area contributed by atoms with Gasteiger partial charge in [0.05, 0.1) is 0 Å². The molecule has 19 heavy (non-hydrogen) atoms. The van der Waals surface area contributed by atoms with Crippen LogP contribution in [0.5, 0.6) is 0 Å². The molecule has 4 nitrogen and oxygen atoms in total. The maximum Gasteiger partial charge on any atom is 0 e. The maximum atomic E-state index is 10.6. The molecule has 0 aliphatic heterocycles. The Hall–Kier alpha value is -1.11. The third kappa shape index (κ3) is 60.2. The second kappa shape index (κ2) is 36.0. The van der Waals surface area contributed by atoms with Crippen molar-refractivity contribution in [2.75, 3.05) is 0 Å². The third-order valence-electron chi connectivity index (χ3n) is 1.55. The molecule has 106 valence electrons. The molecule has 0 atom stereocenters. The largest absolute Gasteiger partial charge is 0 e. The van der Waals surface area contributed by atoms with E-state index >= 15 is 0 Å². The number of allylic oxidation sites excluding steroid dienone is 3. The van der Waals surface area contributed by atoms with Gasteiger partial charge in [-0.05, 0) is 33.1 Å². The van der Waals surface area contributed by atoms with E-state index in [4.69, 9.17) is 14.0 Å². The summed E-state index contributed by atoms with van der Waals surface area (Å²) in [5.41, 5.74) is 1.08. The van der Waals surface area contributed by atoms with E-state index in [2.05, 4.69) is 32.6 Å². The van der Waals surface area contributed by atoms with Crippen LogP contribution in [0.25, 0.3) is 0 Å². The summed E-state index contributed by atoms with van der Waals surface area (Å²) in [5.74, 6) is 0.291. The predicted molar refractivity (Wildman–Crippen MR) is 64.9 cm³/mol. The zero-order chi connectivity index (χ0) is 15.4. The average Bonchev–Trinajstić information content (AvgIpc) is 2.40. The van der Waals surface area contributed by atoms with Gasteiger partial charge < -0.3 is 4.79 Å². The van der Waals surface area contributed by atoms with Crippen LogP contribution in [0.2, 0.25) is 0 Å². The minimum absolute atomic E-state index is 0. The molecular formula is C14H18FeO4. The monoisotopic (exact) mass is 306 g/mol. The van der Waals surface area contributed by atoms with E-state index in [1.165, 1.54) is 0 Å². The van der Waals surface area contributed by atoms with E-state index in [0.717, 1.165) is 31.3 Å². The number of Topliss-reactive ketones (excluding diaryl/α,β-unsaturated/α-hetero) is 1. The summed E-state index contributed by atoms with van der Waals surface area (Å²) in [6.45, 7) is 20.9. The van der Waals surface area contributed by atoms with Crippen molar-refractivity contribution in [2.24, 2.45) is 0 Å². The number of carbonyl (C=O) groups is 1. The van der Waals surface area contributed by atoms with Crippen LogP contribution in [-0.2, 0) is 35.8 Å². The Morgan fingerprint density at radius 3 is 1.79 bits per heavy atom. The molecule has 0 aromatic heterocycles. The Kier molecular flexibility index (Phi) is 58.1. The summed E-state index contributed by atoms with van der Waals surface area (Å²) in [5, 5.41) is 0. The van der Waals surface area contributed by atoms with Gasteiger partial charge in [-0.25, -0.2) is 0 Å². The van der Waals surface area contributed by atoms with E-state index in [-0.39, 0.29) is 17.1 Å². The smallest absolute Gasteiger partial charge is 0 e. The molecular weight excluding hydrogens is 288 g/mol. The zero-order valence-corrected chi connectivity index (χ0v) is 12.3. The van der Waals surface area contributed by atoms with Crippen LogP contribution in [0.1, 0.15) is 39.5 Å². The number of hydrogen-bond acceptors (Lipinski definition) is 1. The topological polar surface area (TPSA) is 76.8 Å². The third-order valence-corrected chi connectivity index (χ3v) is 1.55. The Morgan fingerprint density at radius 2 is 1.47 bits per heavy atom. The van der Waals surface area contributed by atoms with Crippen molar-refractivity contribution in [3.8, 4) is 0 Å². The molecule has 0 radical (unpaired) electrons. The van der Waals surface area contributed by atoms with Crippen molar-refractivity contribution in [3.63, 3.8) is 0 Å². The van der Waals surface area contributed by atoms with E-state index < -0.39 is 0 Å². The fraction of sp³-hybridized carbons (Fsp3) is 0.429. The van der Waals surface area contributed by atoms with Crippen molar-refractivity contribution < 1.29 is 35.8 Å². The minimum Gasteiger partial charge on any atom is 0 e. The molecule has 0 spiro atoms. The number of unbranched alkanes of at least 4 members (excludes halogenated alkanes) is 2. The van der Waals surface area contributed by atoms with Gasteiger partial charge in [0.1, 0.15) is 5.78 Å². The number of ketones is 1. The van der Waals surface area contributed by atoms with E-state index in [1.54, 1.807) is 6.92 Å². The van der Waals surface area contributed by atoms with Gasteiger partial charge in [0.2, 0.25) is 0 Å². The molecule has 0 fully saturated rings. The Bertz CT molecular complexity index is 273. The Morgan fingerprint density at radius 1 is 1.05 bits per heavy atom. The standard InChI is InChI=1S/C11H18O.3CO.Fe/c1-10(2)8-6-4-5-7-9-11(3)12;3*1-2;/h6,8H,1,4-5,7,9H2,2-3H3;;;;/b8-6-;;;;. The first-order valence-electron chi connectivity index (χ1n) is 5.05. The first-order chi connectivity index (χ1) is 8.63. The van der Waals surface area contributed by atoms with E-state index in [1.807, 2.05) is 13.0 Å². The van der Waals surface area contributed by atoms with Gasteiger partial charge in [0.15, 0.2) is 0 Å². The van der Waals surface area contributed by atoms with Crippen molar-refractivity contribution in [3.05, 3.63) is 44.3 Å². The van der Waals surface area contributed by atoms with Gasteiger partial charge in [0.25, 0.3) is 0 Å². The summed E-state index contributed by atoms with van der Waals surface area (Å²) in [7, 11) is 0. The molecule has 0 aromatic carbocycles. The summed E-state index contributed by atoms with van der Waals surface area (Å²) in [6, 6.07) is 0. The quantitative estimate of drug-likeness (QED) is 0.244. The fourth-order valence-electron chi connectivity index (χ4n) is 0.921. The van der Waals surface area contributed by atoms with Gasteiger partial charge in [-0.3, -0.25) is 0 Å². The van der Waals surface area contributed by atoms with Crippen molar-refractivity contribution in [2.45, 2.75) is 39.5 Å². The van der Waals surface area contributed by atoms with Gasteiger partial charge in [0, 0.05) is 23.5 Å². The molecule has 0 saturated heterocycles. The van der Waals surface area contributed by atoms with Crippen LogP contribution < -0.4 is 0 Å². The zero-order valence-electron chi connectivity index (χ0n) is 11.2. The molecule has 0 amide bonds. The second-order valence-corrected chi connectivity index (χ2v) is 3.20. The fourth-order valence-corrected chi connectivity index (χ4v) is 0.921. The van der Waals surface area contributed by atoms with Crippen molar-refractivity contribution >= 4 is 5.78 Å². The normalized spacial score (nSPS) is 6.95. The average molecular weight is 306 g/mol. The summed E-state index contributed by atoms with van der Waals surface area (Å²) < 4.78 is 22.5. The summed E-state index contributed by atoms with van der Waals surface area (Å²) in [6.07, 6.45) is 8.02. The molecule has 0 aromatic rings. The molecule has 0 N–H and O–H groups in total. The Balaban J connectivity index is -0.0000000816. The number of carbonyl (C=O) groups excluding carboxylic acids is 1. The Labute approximate surface area is 126 Å². The predicted octanol–water partition coefficient (Wildman–Crippen LogP) is 3.15. The molecule has 0 aliphatic carbocycles. The summed E-state index contributed by atoms with van der Waals surface area (Å²) >= 11 is 0. The molecule has 0 rings (SSSR count).